The van der Waals surface area contributed by atoms with Crippen LogP contribution in [-0.2, 0) is 21.5 Å². The Balaban J connectivity index is 1.63. The summed E-state index contributed by atoms with van der Waals surface area (Å²) in [5.41, 5.74) is 1.11. The first kappa shape index (κ1) is 24.2. The molecule has 0 aromatic heterocycles. The zero-order valence-electron chi connectivity index (χ0n) is 19.2. The van der Waals surface area contributed by atoms with E-state index in [2.05, 4.69) is 27.7 Å². The molecule has 1 fully saturated rings. The third-order valence-corrected chi connectivity index (χ3v) is 6.64. The molecule has 1 amide bonds. The van der Waals surface area contributed by atoms with Gasteiger partial charge in [-0.15, -0.1) is 0 Å². The van der Waals surface area contributed by atoms with Gasteiger partial charge in [-0.2, -0.15) is 8.42 Å². The first-order valence-electron chi connectivity index (χ1n) is 11.0. The molecule has 7 heteroatoms. The monoisotopic (exact) mass is 461 g/mol. The lowest BCUT2D eigenvalue weighted by Crippen LogP contribution is -2.34. The number of carbonyl (C=O) groups excluding carboxylic acids is 1. The van der Waals surface area contributed by atoms with Crippen molar-refractivity contribution in [3.8, 4) is 5.75 Å². The number of amides is 1. The highest BCUT2D eigenvalue weighted by molar-refractivity contribution is 7.87. The Morgan fingerprint density at radius 3 is 2.22 bits per heavy atom. The van der Waals surface area contributed by atoms with Crippen LogP contribution in [0.1, 0.15) is 58.9 Å². The largest absolute Gasteiger partial charge is 0.379 e. The Hall–Kier alpha value is -2.41. The van der Waals surface area contributed by atoms with Crippen LogP contribution in [-0.4, -0.2) is 25.3 Å². The molecule has 1 aliphatic rings. The number of hydrogen-bond acceptors (Lipinski definition) is 4. The smallest absolute Gasteiger partial charge is 0.339 e. The normalized spacial score (nSPS) is 15.3. The Morgan fingerprint density at radius 2 is 1.69 bits per heavy atom. The van der Waals surface area contributed by atoms with Crippen molar-refractivity contribution in [2.45, 2.75) is 70.9 Å². The van der Waals surface area contributed by atoms with Gasteiger partial charge in [0.15, 0.2) is 0 Å². The molecule has 1 aliphatic carbocycles. The van der Waals surface area contributed by atoms with Crippen molar-refractivity contribution in [3.05, 3.63) is 59.9 Å². The molecule has 32 heavy (non-hydrogen) atoms. The molecule has 0 N–H and O–H groups in total. The average molecular weight is 462 g/mol. The predicted octanol–water partition coefficient (Wildman–Crippen LogP) is 5.55. The third-order valence-electron chi connectivity index (χ3n) is 5.38. The second-order valence-electron chi connectivity index (χ2n) is 9.96. The molecule has 2 aromatic rings. The lowest BCUT2D eigenvalue weighted by molar-refractivity contribution is -0.133. The molecule has 0 aliphatic heterocycles. The molecule has 2 aromatic carbocycles. The van der Waals surface area contributed by atoms with E-state index in [0.29, 0.717) is 24.9 Å². The lowest BCUT2D eigenvalue weighted by atomic mass is 9.84. The Morgan fingerprint density at radius 1 is 1.09 bits per heavy atom. The van der Waals surface area contributed by atoms with Gasteiger partial charge in [-0.05, 0) is 72.6 Å². The van der Waals surface area contributed by atoms with Crippen LogP contribution in [0.25, 0.3) is 0 Å². The van der Waals surface area contributed by atoms with Gasteiger partial charge < -0.3 is 9.08 Å². The summed E-state index contributed by atoms with van der Waals surface area (Å²) in [6, 6.07) is 11.5. The van der Waals surface area contributed by atoms with Crippen LogP contribution < -0.4 is 4.18 Å². The zero-order chi connectivity index (χ0) is 23.5. The molecule has 3 rings (SSSR count). The number of rotatable bonds is 9. The Bertz CT molecular complexity index is 1020. The van der Waals surface area contributed by atoms with Crippen LogP contribution in [0.15, 0.2) is 53.4 Å². The fourth-order valence-electron chi connectivity index (χ4n) is 3.96. The molecule has 0 saturated heterocycles. The third kappa shape index (κ3) is 7.05. The van der Waals surface area contributed by atoms with Gasteiger partial charge in [-0.1, -0.05) is 39.8 Å². The summed E-state index contributed by atoms with van der Waals surface area (Å²) in [5, 5.41) is 0. The van der Waals surface area contributed by atoms with E-state index in [9.17, 15) is 17.6 Å². The van der Waals surface area contributed by atoms with E-state index in [1.165, 1.54) is 12.1 Å². The quantitative estimate of drug-likeness (QED) is 0.460. The van der Waals surface area contributed by atoms with E-state index < -0.39 is 15.9 Å². The zero-order valence-corrected chi connectivity index (χ0v) is 20.0. The maximum Gasteiger partial charge on any atom is 0.339 e. The van der Waals surface area contributed by atoms with E-state index in [1.807, 2.05) is 4.90 Å². The van der Waals surface area contributed by atoms with Crippen molar-refractivity contribution in [3.63, 3.8) is 0 Å². The van der Waals surface area contributed by atoms with Crippen molar-refractivity contribution in [2.24, 2.45) is 11.3 Å². The van der Waals surface area contributed by atoms with E-state index in [1.54, 1.807) is 24.3 Å². The standard InChI is InChI=1S/C25H32FNO4S/c1-18(16-25(2,3)4)15-24(28)27(21-9-10-21)17-19-5-11-22(12-6-19)31-32(29,30)23-13-7-20(26)8-14-23/h5-8,11-14,18,21H,9-10,15-17H2,1-4H3. The molecule has 1 atom stereocenters. The van der Waals surface area contributed by atoms with Gasteiger partial charge in [-0.25, -0.2) is 4.39 Å². The van der Waals surface area contributed by atoms with Gasteiger partial charge >= 0.3 is 10.1 Å². The van der Waals surface area contributed by atoms with Crippen molar-refractivity contribution in [1.29, 1.82) is 0 Å². The fraction of sp³-hybridized carbons (Fsp3) is 0.480. The summed E-state index contributed by atoms with van der Waals surface area (Å²) >= 11 is 0. The minimum Gasteiger partial charge on any atom is -0.379 e. The SMILES string of the molecule is CC(CC(=O)N(Cc1ccc(OS(=O)(=O)c2ccc(F)cc2)cc1)C1CC1)CC(C)(C)C. The lowest BCUT2D eigenvalue weighted by Gasteiger charge is -2.27. The van der Waals surface area contributed by atoms with Crippen LogP contribution in [0.2, 0.25) is 0 Å². The number of hydrogen-bond donors (Lipinski definition) is 0. The molecule has 1 saturated carbocycles. The van der Waals surface area contributed by atoms with Crippen LogP contribution in [0.4, 0.5) is 4.39 Å². The van der Waals surface area contributed by atoms with Crippen molar-refractivity contribution in [2.75, 3.05) is 0 Å². The highest BCUT2D eigenvalue weighted by Gasteiger charge is 2.33. The number of nitrogens with zero attached hydrogens (tertiary/aromatic N) is 1. The molecule has 174 valence electrons. The van der Waals surface area contributed by atoms with E-state index in [4.69, 9.17) is 4.18 Å². The van der Waals surface area contributed by atoms with E-state index in [-0.39, 0.29) is 22.0 Å². The van der Waals surface area contributed by atoms with Crippen LogP contribution in [0.3, 0.4) is 0 Å². The molecular formula is C25H32FNO4S. The molecule has 1 unspecified atom stereocenters. The second kappa shape index (κ2) is 9.61. The van der Waals surface area contributed by atoms with Crippen molar-refractivity contribution in [1.82, 2.24) is 4.90 Å². The van der Waals surface area contributed by atoms with Gasteiger partial charge in [-0.3, -0.25) is 4.79 Å². The summed E-state index contributed by atoms with van der Waals surface area (Å²) in [6.07, 6.45) is 3.57. The van der Waals surface area contributed by atoms with Crippen LogP contribution in [0.5, 0.6) is 5.75 Å². The summed E-state index contributed by atoms with van der Waals surface area (Å²) < 4.78 is 42.9. The molecule has 0 radical (unpaired) electrons. The van der Waals surface area contributed by atoms with Crippen LogP contribution in [0, 0.1) is 17.2 Å². The highest BCUT2D eigenvalue weighted by Crippen LogP contribution is 2.32. The number of carbonyl (C=O) groups is 1. The second-order valence-corrected chi connectivity index (χ2v) is 11.5. The van der Waals surface area contributed by atoms with Gasteiger partial charge in [0.2, 0.25) is 5.91 Å². The predicted molar refractivity (Wildman–Crippen MR) is 122 cm³/mol. The maximum atomic E-state index is 13.0. The first-order valence-corrected chi connectivity index (χ1v) is 12.4. The van der Waals surface area contributed by atoms with Gasteiger partial charge in [0.25, 0.3) is 0 Å². The number of halogens is 1. The van der Waals surface area contributed by atoms with Gasteiger partial charge in [0, 0.05) is 19.0 Å². The molecular weight excluding hydrogens is 429 g/mol. The topological polar surface area (TPSA) is 63.7 Å². The minimum absolute atomic E-state index is 0.113. The van der Waals surface area contributed by atoms with Crippen molar-refractivity contribution >= 4 is 16.0 Å². The summed E-state index contributed by atoms with van der Waals surface area (Å²) in [6.45, 7) is 9.18. The van der Waals surface area contributed by atoms with Crippen LogP contribution >= 0.6 is 0 Å². The van der Waals surface area contributed by atoms with Gasteiger partial charge in [0.05, 0.1) is 0 Å². The molecule has 0 spiro atoms. The highest BCUT2D eigenvalue weighted by atomic mass is 32.2. The molecule has 0 heterocycles. The van der Waals surface area contributed by atoms with E-state index >= 15 is 0 Å². The Labute approximate surface area is 190 Å². The molecule has 5 nitrogen and oxygen atoms in total. The van der Waals surface area contributed by atoms with Gasteiger partial charge in [0.1, 0.15) is 16.5 Å². The molecule has 0 bridgehead atoms. The number of benzene rings is 2. The van der Waals surface area contributed by atoms with Crippen molar-refractivity contribution < 1.29 is 21.8 Å². The Kier molecular flexibility index (Phi) is 7.28. The minimum atomic E-state index is -4.04. The summed E-state index contributed by atoms with van der Waals surface area (Å²) in [7, 11) is -4.04. The summed E-state index contributed by atoms with van der Waals surface area (Å²) in [4.78, 5) is 14.8. The average Bonchev–Trinajstić information content (AvgIpc) is 3.51. The summed E-state index contributed by atoms with van der Waals surface area (Å²) in [5.74, 6) is 0.136. The van der Waals surface area contributed by atoms with E-state index in [0.717, 1.165) is 37.0 Å². The maximum absolute atomic E-state index is 13.0. The fourth-order valence-corrected chi connectivity index (χ4v) is 4.89. The first-order chi connectivity index (χ1) is 14.9.